The highest BCUT2D eigenvalue weighted by atomic mass is 16.6. The molecule has 0 aromatic rings. The average Bonchev–Trinajstić information content (AvgIpc) is 2.47. The monoisotopic (exact) mass is 150 g/mol. The van der Waals surface area contributed by atoms with E-state index in [2.05, 4.69) is 19.6 Å². The molecule has 0 N–H and O–H groups in total. The summed E-state index contributed by atoms with van der Waals surface area (Å²) in [5.41, 5.74) is 0.310. The molecule has 3 fully saturated rings. The van der Waals surface area contributed by atoms with Gasteiger partial charge in [-0.05, 0) is 37.5 Å². The molecule has 3 aliphatic rings. The standard InChI is InChI=1S/C10H14O/c1-3-6-4-7-5-8(6)9-10(7,2)11-9/h3,6-9H,1,4-5H2,2H3. The average molecular weight is 150 g/mol. The molecular weight excluding hydrogens is 136 g/mol. The third-order valence-electron chi connectivity index (χ3n) is 4.05. The number of hydrogen-bond donors (Lipinski definition) is 0. The highest BCUT2D eigenvalue weighted by Crippen LogP contribution is 2.65. The zero-order valence-electron chi connectivity index (χ0n) is 6.92. The van der Waals surface area contributed by atoms with Crippen molar-refractivity contribution >= 4 is 0 Å². The smallest absolute Gasteiger partial charge is 0.0951 e. The van der Waals surface area contributed by atoms with Crippen LogP contribution in [0.2, 0.25) is 0 Å². The molecule has 1 saturated heterocycles. The van der Waals surface area contributed by atoms with Gasteiger partial charge in [0.15, 0.2) is 0 Å². The molecule has 1 heteroatoms. The lowest BCUT2D eigenvalue weighted by Gasteiger charge is -2.17. The van der Waals surface area contributed by atoms with Crippen molar-refractivity contribution in [2.75, 3.05) is 0 Å². The van der Waals surface area contributed by atoms with Crippen LogP contribution in [0.4, 0.5) is 0 Å². The number of epoxide rings is 1. The van der Waals surface area contributed by atoms with Gasteiger partial charge in [-0.25, -0.2) is 0 Å². The minimum Gasteiger partial charge on any atom is -0.366 e. The minimum absolute atomic E-state index is 0.310. The first kappa shape index (κ1) is 6.24. The Balaban J connectivity index is 1.93. The molecule has 1 aliphatic heterocycles. The Kier molecular flexibility index (Phi) is 0.885. The predicted molar refractivity (Wildman–Crippen MR) is 43.2 cm³/mol. The van der Waals surface area contributed by atoms with Crippen molar-refractivity contribution in [1.82, 2.24) is 0 Å². The van der Waals surface area contributed by atoms with Gasteiger partial charge >= 0.3 is 0 Å². The molecule has 0 aromatic heterocycles. The molecule has 2 bridgehead atoms. The molecule has 3 rings (SSSR count). The van der Waals surface area contributed by atoms with E-state index >= 15 is 0 Å². The quantitative estimate of drug-likeness (QED) is 0.411. The fraction of sp³-hybridized carbons (Fsp3) is 0.800. The molecular formula is C10H14O. The summed E-state index contributed by atoms with van der Waals surface area (Å²) in [7, 11) is 0. The van der Waals surface area contributed by atoms with Crippen molar-refractivity contribution in [1.29, 1.82) is 0 Å². The maximum Gasteiger partial charge on any atom is 0.0951 e. The molecule has 2 saturated carbocycles. The van der Waals surface area contributed by atoms with Crippen molar-refractivity contribution < 1.29 is 4.74 Å². The van der Waals surface area contributed by atoms with Crippen molar-refractivity contribution in [3.63, 3.8) is 0 Å². The second-order valence-corrected chi connectivity index (χ2v) is 4.45. The van der Waals surface area contributed by atoms with Gasteiger partial charge < -0.3 is 4.74 Å². The molecule has 0 amide bonds. The molecule has 0 spiro atoms. The van der Waals surface area contributed by atoms with E-state index in [4.69, 9.17) is 4.74 Å². The summed E-state index contributed by atoms with van der Waals surface area (Å²) in [5.74, 6) is 2.43. The molecule has 0 aromatic carbocycles. The third-order valence-corrected chi connectivity index (χ3v) is 4.05. The number of fused-ring (bicyclic) bond motifs is 5. The SMILES string of the molecule is C=CC1CC2CC1C1OC21C. The Morgan fingerprint density at radius 1 is 1.55 bits per heavy atom. The number of rotatable bonds is 1. The van der Waals surface area contributed by atoms with E-state index in [1.165, 1.54) is 12.8 Å². The van der Waals surface area contributed by atoms with Crippen LogP contribution in [0.15, 0.2) is 12.7 Å². The van der Waals surface area contributed by atoms with Crippen LogP contribution < -0.4 is 0 Å². The van der Waals surface area contributed by atoms with Crippen LogP contribution >= 0.6 is 0 Å². The number of ether oxygens (including phenoxy) is 1. The topological polar surface area (TPSA) is 12.5 Å². The van der Waals surface area contributed by atoms with Crippen molar-refractivity contribution in [3.05, 3.63) is 12.7 Å². The van der Waals surface area contributed by atoms with Gasteiger partial charge in [0, 0.05) is 0 Å². The summed E-state index contributed by atoms with van der Waals surface area (Å²) in [4.78, 5) is 0. The first-order valence-electron chi connectivity index (χ1n) is 4.56. The zero-order chi connectivity index (χ0) is 7.64. The summed E-state index contributed by atoms with van der Waals surface area (Å²) in [6, 6.07) is 0. The highest BCUT2D eigenvalue weighted by Gasteiger charge is 2.70. The lowest BCUT2D eigenvalue weighted by atomic mass is 9.83. The molecule has 11 heavy (non-hydrogen) atoms. The lowest BCUT2D eigenvalue weighted by Crippen LogP contribution is -2.23. The fourth-order valence-electron chi connectivity index (χ4n) is 3.27. The van der Waals surface area contributed by atoms with Gasteiger partial charge in [0.05, 0.1) is 11.7 Å². The van der Waals surface area contributed by atoms with E-state index in [-0.39, 0.29) is 0 Å². The van der Waals surface area contributed by atoms with Crippen LogP contribution in [0.3, 0.4) is 0 Å². The summed E-state index contributed by atoms with van der Waals surface area (Å²) < 4.78 is 5.71. The molecule has 2 aliphatic carbocycles. The Morgan fingerprint density at radius 2 is 2.36 bits per heavy atom. The summed E-state index contributed by atoms with van der Waals surface area (Å²) in [5, 5.41) is 0. The van der Waals surface area contributed by atoms with Gasteiger partial charge in [0.2, 0.25) is 0 Å². The molecule has 5 unspecified atom stereocenters. The third kappa shape index (κ3) is 0.538. The van der Waals surface area contributed by atoms with E-state index in [0.717, 1.165) is 17.8 Å². The van der Waals surface area contributed by atoms with Crippen LogP contribution in [0.25, 0.3) is 0 Å². The van der Waals surface area contributed by atoms with Crippen LogP contribution in [-0.2, 0) is 4.74 Å². The molecule has 1 nitrogen and oxygen atoms in total. The van der Waals surface area contributed by atoms with E-state index in [9.17, 15) is 0 Å². The second-order valence-electron chi connectivity index (χ2n) is 4.45. The van der Waals surface area contributed by atoms with Crippen molar-refractivity contribution in [2.45, 2.75) is 31.5 Å². The summed E-state index contributed by atoms with van der Waals surface area (Å²) >= 11 is 0. The fourth-order valence-corrected chi connectivity index (χ4v) is 3.27. The van der Waals surface area contributed by atoms with Gasteiger partial charge in [-0.15, -0.1) is 6.58 Å². The lowest BCUT2D eigenvalue weighted by molar-refractivity contribution is 0.207. The normalized spacial score (nSPS) is 64.5. The highest BCUT2D eigenvalue weighted by molar-refractivity contribution is 5.20. The summed E-state index contributed by atoms with van der Waals surface area (Å²) in [6.07, 6.45) is 5.47. The maximum atomic E-state index is 5.71. The zero-order valence-corrected chi connectivity index (χ0v) is 6.92. The first-order valence-corrected chi connectivity index (χ1v) is 4.56. The Bertz CT molecular complexity index is 223. The molecule has 0 radical (unpaired) electrons. The largest absolute Gasteiger partial charge is 0.366 e. The van der Waals surface area contributed by atoms with E-state index in [1.807, 2.05) is 0 Å². The number of hydrogen-bond acceptors (Lipinski definition) is 1. The van der Waals surface area contributed by atoms with Crippen LogP contribution in [0, 0.1) is 17.8 Å². The van der Waals surface area contributed by atoms with Crippen molar-refractivity contribution in [3.8, 4) is 0 Å². The van der Waals surface area contributed by atoms with Crippen LogP contribution in [-0.4, -0.2) is 11.7 Å². The Labute approximate surface area is 67.4 Å². The van der Waals surface area contributed by atoms with Gasteiger partial charge in [-0.1, -0.05) is 6.08 Å². The summed E-state index contributed by atoms with van der Waals surface area (Å²) in [6.45, 7) is 6.16. The number of allylic oxidation sites excluding steroid dienone is 1. The van der Waals surface area contributed by atoms with Gasteiger partial charge in [-0.2, -0.15) is 0 Å². The van der Waals surface area contributed by atoms with E-state index < -0.39 is 0 Å². The van der Waals surface area contributed by atoms with E-state index in [0.29, 0.717) is 11.7 Å². The molecule has 1 heterocycles. The van der Waals surface area contributed by atoms with Crippen LogP contribution in [0.1, 0.15) is 19.8 Å². The minimum atomic E-state index is 0.310. The van der Waals surface area contributed by atoms with Gasteiger partial charge in [-0.3, -0.25) is 0 Å². The molecule has 60 valence electrons. The van der Waals surface area contributed by atoms with Crippen molar-refractivity contribution in [2.24, 2.45) is 17.8 Å². The Morgan fingerprint density at radius 3 is 2.91 bits per heavy atom. The van der Waals surface area contributed by atoms with Gasteiger partial charge in [0.1, 0.15) is 0 Å². The van der Waals surface area contributed by atoms with Crippen LogP contribution in [0.5, 0.6) is 0 Å². The molecule has 5 atom stereocenters. The predicted octanol–water partition coefficient (Wildman–Crippen LogP) is 1.99. The maximum absolute atomic E-state index is 5.71. The second kappa shape index (κ2) is 1.56. The van der Waals surface area contributed by atoms with Gasteiger partial charge in [0.25, 0.3) is 0 Å². The first-order chi connectivity index (χ1) is 5.25. The van der Waals surface area contributed by atoms with E-state index in [1.54, 1.807) is 0 Å². The Hall–Kier alpha value is -0.300.